The van der Waals surface area contributed by atoms with Gasteiger partial charge in [0, 0.05) is 25.6 Å². The summed E-state index contributed by atoms with van der Waals surface area (Å²) < 4.78 is 0. The number of β-amino-alcohol motifs (C(OH)–C–C–N with tert-alkyl or cyclic N) is 1. The molecule has 0 aliphatic carbocycles. The molecule has 2 heteroatoms. The number of hydrogen-bond acceptors (Lipinski definition) is 2. The molecule has 1 rings (SSSR count). The van der Waals surface area contributed by atoms with Gasteiger partial charge in [-0.05, 0) is 13.3 Å². The van der Waals surface area contributed by atoms with Crippen LogP contribution in [0.4, 0.5) is 0 Å². The monoisotopic (exact) mass is 153 g/mol. The fraction of sp³-hybridized carbons (Fsp3) is 0.778. The third-order valence-electron chi connectivity index (χ3n) is 2.23. The number of hydrogen-bond donors (Lipinski definition) is 1. The van der Waals surface area contributed by atoms with Crippen molar-refractivity contribution >= 4 is 0 Å². The molecule has 1 N–H and O–H groups in total. The van der Waals surface area contributed by atoms with E-state index in [1.165, 1.54) is 0 Å². The second kappa shape index (κ2) is 3.75. The Labute approximate surface area is 68.2 Å². The summed E-state index contributed by atoms with van der Waals surface area (Å²) in [4.78, 5) is 2.24. The van der Waals surface area contributed by atoms with Crippen molar-refractivity contribution < 1.29 is 5.11 Å². The van der Waals surface area contributed by atoms with E-state index in [-0.39, 0.29) is 6.10 Å². The maximum Gasteiger partial charge on any atom is 0.0682 e. The lowest BCUT2D eigenvalue weighted by molar-refractivity contribution is 0.176. The van der Waals surface area contributed by atoms with Crippen LogP contribution in [-0.2, 0) is 0 Å². The van der Waals surface area contributed by atoms with Crippen molar-refractivity contribution in [1.29, 1.82) is 0 Å². The molecule has 0 amide bonds. The summed E-state index contributed by atoms with van der Waals surface area (Å²) >= 11 is 0. The molecule has 2 unspecified atom stereocenters. The van der Waals surface area contributed by atoms with Gasteiger partial charge in [0.25, 0.3) is 0 Å². The highest BCUT2D eigenvalue weighted by Gasteiger charge is 2.26. The van der Waals surface area contributed by atoms with Crippen molar-refractivity contribution in [1.82, 2.24) is 4.90 Å². The van der Waals surface area contributed by atoms with E-state index in [0.717, 1.165) is 25.9 Å². The Balaban J connectivity index is 2.30. The Morgan fingerprint density at radius 2 is 2.45 bits per heavy atom. The van der Waals surface area contributed by atoms with Crippen LogP contribution in [0.15, 0.2) is 0 Å². The minimum atomic E-state index is -0.136. The average Bonchev–Trinajstić information content (AvgIpc) is 2.26. The molecular formula is C9H15NO. The van der Waals surface area contributed by atoms with Crippen LogP contribution in [0.5, 0.6) is 0 Å². The summed E-state index contributed by atoms with van der Waals surface area (Å²) in [6, 6.07) is 0.498. The fourth-order valence-electron chi connectivity index (χ4n) is 1.59. The zero-order chi connectivity index (χ0) is 8.27. The molecular weight excluding hydrogens is 138 g/mol. The molecule has 0 aromatic rings. The molecule has 0 bridgehead atoms. The molecule has 62 valence electrons. The SMILES string of the molecule is C#CCCN1CC(O)CC1C. The molecule has 11 heavy (non-hydrogen) atoms. The summed E-state index contributed by atoms with van der Waals surface area (Å²) in [6.45, 7) is 3.85. The van der Waals surface area contributed by atoms with Gasteiger partial charge in [-0.25, -0.2) is 0 Å². The molecule has 0 aromatic carbocycles. The van der Waals surface area contributed by atoms with E-state index < -0.39 is 0 Å². The van der Waals surface area contributed by atoms with E-state index in [9.17, 15) is 5.11 Å². The Kier molecular flexibility index (Phi) is 2.92. The van der Waals surface area contributed by atoms with E-state index in [1.54, 1.807) is 0 Å². The highest BCUT2D eigenvalue weighted by Crippen LogP contribution is 2.16. The van der Waals surface area contributed by atoms with Crippen LogP contribution in [-0.4, -0.2) is 35.2 Å². The van der Waals surface area contributed by atoms with Crippen LogP contribution in [0, 0.1) is 12.3 Å². The number of terminal acetylenes is 1. The standard InChI is InChI=1S/C9H15NO/c1-3-4-5-10-7-9(11)6-8(10)2/h1,8-9,11H,4-7H2,2H3. The first-order chi connectivity index (χ1) is 5.24. The molecule has 1 aliphatic heterocycles. The first-order valence-electron chi connectivity index (χ1n) is 4.09. The van der Waals surface area contributed by atoms with Gasteiger partial charge >= 0.3 is 0 Å². The lowest BCUT2D eigenvalue weighted by Crippen LogP contribution is -2.28. The van der Waals surface area contributed by atoms with E-state index in [0.29, 0.717) is 6.04 Å². The van der Waals surface area contributed by atoms with E-state index in [2.05, 4.69) is 17.7 Å². The summed E-state index contributed by atoms with van der Waals surface area (Å²) in [7, 11) is 0. The van der Waals surface area contributed by atoms with Crippen molar-refractivity contribution in [3.8, 4) is 12.3 Å². The summed E-state index contributed by atoms with van der Waals surface area (Å²) in [5.74, 6) is 2.61. The van der Waals surface area contributed by atoms with Crippen molar-refractivity contribution in [3.63, 3.8) is 0 Å². The van der Waals surface area contributed by atoms with E-state index in [4.69, 9.17) is 6.42 Å². The second-order valence-corrected chi connectivity index (χ2v) is 3.19. The predicted molar refractivity (Wildman–Crippen MR) is 45.1 cm³/mol. The predicted octanol–water partition coefficient (Wildman–Crippen LogP) is 0.465. The topological polar surface area (TPSA) is 23.5 Å². The lowest BCUT2D eigenvalue weighted by Gasteiger charge is -2.18. The van der Waals surface area contributed by atoms with Gasteiger partial charge in [0.1, 0.15) is 0 Å². The lowest BCUT2D eigenvalue weighted by atomic mass is 10.2. The van der Waals surface area contributed by atoms with Gasteiger partial charge in [0.2, 0.25) is 0 Å². The first-order valence-corrected chi connectivity index (χ1v) is 4.09. The third kappa shape index (κ3) is 2.21. The van der Waals surface area contributed by atoms with Crippen LogP contribution in [0.3, 0.4) is 0 Å². The largest absolute Gasteiger partial charge is 0.392 e. The van der Waals surface area contributed by atoms with Gasteiger partial charge in [-0.1, -0.05) is 0 Å². The van der Waals surface area contributed by atoms with Crippen molar-refractivity contribution in [2.45, 2.75) is 31.9 Å². The van der Waals surface area contributed by atoms with E-state index >= 15 is 0 Å². The van der Waals surface area contributed by atoms with Crippen LogP contribution in [0.25, 0.3) is 0 Å². The summed E-state index contributed by atoms with van der Waals surface area (Å²) in [6.07, 6.45) is 6.69. The third-order valence-corrected chi connectivity index (χ3v) is 2.23. The average molecular weight is 153 g/mol. The van der Waals surface area contributed by atoms with Gasteiger partial charge in [-0.15, -0.1) is 12.3 Å². The zero-order valence-corrected chi connectivity index (χ0v) is 6.95. The number of rotatable bonds is 2. The molecule has 2 nitrogen and oxygen atoms in total. The molecule has 2 atom stereocenters. The molecule has 0 aromatic heterocycles. The molecule has 1 fully saturated rings. The highest BCUT2D eigenvalue weighted by molar-refractivity contribution is 4.88. The zero-order valence-electron chi connectivity index (χ0n) is 6.95. The molecule has 0 spiro atoms. The minimum absolute atomic E-state index is 0.136. The maximum atomic E-state index is 9.28. The minimum Gasteiger partial charge on any atom is -0.392 e. The van der Waals surface area contributed by atoms with Crippen LogP contribution >= 0.6 is 0 Å². The molecule has 0 saturated carbocycles. The van der Waals surface area contributed by atoms with Crippen molar-refractivity contribution in [2.75, 3.05) is 13.1 Å². The molecule has 1 aliphatic rings. The van der Waals surface area contributed by atoms with Gasteiger partial charge in [0.15, 0.2) is 0 Å². The van der Waals surface area contributed by atoms with Crippen LogP contribution in [0.1, 0.15) is 19.8 Å². The maximum absolute atomic E-state index is 9.28. The van der Waals surface area contributed by atoms with Crippen LogP contribution in [0.2, 0.25) is 0 Å². The Morgan fingerprint density at radius 1 is 1.73 bits per heavy atom. The van der Waals surface area contributed by atoms with Gasteiger partial charge in [-0.2, -0.15) is 0 Å². The quantitative estimate of drug-likeness (QED) is 0.583. The van der Waals surface area contributed by atoms with Crippen molar-refractivity contribution in [3.05, 3.63) is 0 Å². The smallest absolute Gasteiger partial charge is 0.0682 e. The number of nitrogens with zero attached hydrogens (tertiary/aromatic N) is 1. The first kappa shape index (κ1) is 8.58. The number of likely N-dealkylation sites (tertiary alicyclic amines) is 1. The van der Waals surface area contributed by atoms with Crippen molar-refractivity contribution in [2.24, 2.45) is 0 Å². The Bertz CT molecular complexity index is 161. The number of aliphatic hydroxyl groups excluding tert-OH is 1. The molecule has 0 radical (unpaired) electrons. The normalized spacial score (nSPS) is 32.1. The summed E-state index contributed by atoms with van der Waals surface area (Å²) in [5.41, 5.74) is 0. The molecule has 1 heterocycles. The summed E-state index contributed by atoms with van der Waals surface area (Å²) in [5, 5.41) is 9.28. The van der Waals surface area contributed by atoms with Gasteiger partial charge in [0.05, 0.1) is 6.10 Å². The molecule has 1 saturated heterocycles. The van der Waals surface area contributed by atoms with Gasteiger partial charge < -0.3 is 5.11 Å². The Morgan fingerprint density at radius 3 is 2.91 bits per heavy atom. The highest BCUT2D eigenvalue weighted by atomic mass is 16.3. The second-order valence-electron chi connectivity index (χ2n) is 3.19. The van der Waals surface area contributed by atoms with Gasteiger partial charge in [-0.3, -0.25) is 4.90 Å². The van der Waals surface area contributed by atoms with Crippen LogP contribution < -0.4 is 0 Å². The van der Waals surface area contributed by atoms with E-state index in [1.807, 2.05) is 0 Å². The fourth-order valence-corrected chi connectivity index (χ4v) is 1.59. The Hall–Kier alpha value is -0.520. The number of aliphatic hydroxyl groups is 1.